The number of hydrogen-bond acceptors (Lipinski definition) is 3. The maximum Gasteiger partial charge on any atom is 0.200 e. The molecule has 1 unspecified atom stereocenters. The zero-order chi connectivity index (χ0) is 23.7. The zero-order valence-corrected chi connectivity index (χ0v) is 17.2. The molecule has 1 atom stereocenters. The molecule has 1 aliphatic carbocycles. The molecule has 0 aromatic heterocycles. The molecule has 0 bridgehead atoms. The monoisotopic (exact) mass is 462 g/mol. The maximum atomic E-state index is 14.5. The number of phenols is 2. The Labute approximate surface area is 186 Å². The van der Waals surface area contributed by atoms with Crippen LogP contribution in [0.25, 0.3) is 16.7 Å². The highest BCUT2D eigenvalue weighted by molar-refractivity contribution is 5.68. The Morgan fingerprint density at radius 3 is 2.03 bits per heavy atom. The van der Waals surface area contributed by atoms with Crippen LogP contribution in [0, 0.1) is 35.0 Å². The van der Waals surface area contributed by atoms with E-state index in [9.17, 15) is 32.2 Å². The summed E-state index contributed by atoms with van der Waals surface area (Å²) in [6, 6.07) is 8.29. The van der Waals surface area contributed by atoms with Crippen LogP contribution in [-0.4, -0.2) is 16.8 Å². The van der Waals surface area contributed by atoms with Gasteiger partial charge in [-0.15, -0.1) is 0 Å². The Bertz CT molecular complexity index is 1240. The summed E-state index contributed by atoms with van der Waals surface area (Å²) < 4.78 is 75.4. The van der Waals surface area contributed by atoms with Crippen molar-refractivity contribution in [1.29, 1.82) is 0 Å². The van der Waals surface area contributed by atoms with Crippen molar-refractivity contribution in [3.63, 3.8) is 0 Å². The van der Waals surface area contributed by atoms with Crippen LogP contribution in [0.3, 0.4) is 0 Å². The largest absolute Gasteiger partial charge is 0.505 e. The van der Waals surface area contributed by atoms with Gasteiger partial charge in [-0.1, -0.05) is 12.1 Å². The van der Waals surface area contributed by atoms with Crippen molar-refractivity contribution in [2.45, 2.75) is 19.3 Å². The molecule has 4 rings (SSSR count). The van der Waals surface area contributed by atoms with Crippen molar-refractivity contribution in [2.24, 2.45) is 5.92 Å². The molecule has 0 spiro atoms. The average Bonchev–Trinajstić information content (AvgIpc) is 2.81. The van der Waals surface area contributed by atoms with Crippen LogP contribution in [0.4, 0.5) is 22.0 Å². The fourth-order valence-corrected chi connectivity index (χ4v) is 3.83. The lowest BCUT2D eigenvalue weighted by molar-refractivity contribution is 0.231. The lowest BCUT2D eigenvalue weighted by atomic mass is 9.87. The second-order valence-electron chi connectivity index (χ2n) is 7.85. The number of phenolic OH excluding ortho intramolecular Hbond substituents is 2. The summed E-state index contributed by atoms with van der Waals surface area (Å²) in [7, 11) is 0. The van der Waals surface area contributed by atoms with E-state index in [1.807, 2.05) is 0 Å². The van der Waals surface area contributed by atoms with Gasteiger partial charge in [0.1, 0.15) is 0 Å². The summed E-state index contributed by atoms with van der Waals surface area (Å²) in [5, 5.41) is 18.5. The Hall–Kier alpha value is -3.55. The van der Waals surface area contributed by atoms with Gasteiger partial charge in [0, 0.05) is 11.1 Å². The third-order valence-electron chi connectivity index (χ3n) is 5.71. The molecule has 0 fully saturated rings. The predicted octanol–water partition coefficient (Wildman–Crippen LogP) is 6.72. The van der Waals surface area contributed by atoms with E-state index >= 15 is 0 Å². The molecule has 0 amide bonds. The lowest BCUT2D eigenvalue weighted by Gasteiger charge is -2.23. The van der Waals surface area contributed by atoms with E-state index in [0.717, 1.165) is 24.3 Å². The van der Waals surface area contributed by atoms with Crippen LogP contribution in [0.2, 0.25) is 0 Å². The van der Waals surface area contributed by atoms with E-state index in [2.05, 4.69) is 0 Å². The minimum Gasteiger partial charge on any atom is -0.505 e. The van der Waals surface area contributed by atoms with Gasteiger partial charge in [-0.2, -0.15) is 8.78 Å². The Morgan fingerprint density at radius 1 is 0.788 bits per heavy atom. The first-order valence-corrected chi connectivity index (χ1v) is 10.2. The minimum atomic E-state index is -1.41. The average molecular weight is 462 g/mol. The zero-order valence-electron chi connectivity index (χ0n) is 17.2. The van der Waals surface area contributed by atoms with Gasteiger partial charge < -0.3 is 14.9 Å². The molecule has 0 aliphatic heterocycles. The summed E-state index contributed by atoms with van der Waals surface area (Å²) in [5.74, 6) is -7.44. The molecule has 3 nitrogen and oxygen atoms in total. The Kier molecular flexibility index (Phi) is 6.26. The SMILES string of the molecule is Oc1ccc(C2=CCC(COc3ccc(-c4ccc(O)c(F)c4F)cc3F)CC2)c(F)c1F. The van der Waals surface area contributed by atoms with E-state index in [1.54, 1.807) is 6.08 Å². The predicted molar refractivity (Wildman–Crippen MR) is 112 cm³/mol. The number of benzene rings is 3. The molecule has 3 aromatic rings. The number of ether oxygens (including phenoxy) is 1. The molecule has 2 N–H and O–H groups in total. The summed E-state index contributed by atoms with van der Waals surface area (Å²) in [5.41, 5.74) is 0.619. The van der Waals surface area contributed by atoms with E-state index in [1.165, 1.54) is 18.2 Å². The van der Waals surface area contributed by atoms with E-state index < -0.39 is 40.6 Å². The molecule has 0 saturated heterocycles. The van der Waals surface area contributed by atoms with Crippen molar-refractivity contribution in [2.75, 3.05) is 6.61 Å². The summed E-state index contributed by atoms with van der Waals surface area (Å²) in [4.78, 5) is 0. The van der Waals surface area contributed by atoms with E-state index in [4.69, 9.17) is 4.74 Å². The second kappa shape index (κ2) is 9.13. The van der Waals surface area contributed by atoms with Crippen molar-refractivity contribution >= 4 is 5.57 Å². The van der Waals surface area contributed by atoms with Gasteiger partial charge >= 0.3 is 0 Å². The Balaban J connectivity index is 1.41. The van der Waals surface area contributed by atoms with Gasteiger partial charge in [0.15, 0.2) is 34.7 Å². The Morgan fingerprint density at radius 2 is 1.42 bits per heavy atom. The fraction of sp³-hybridized carbons (Fsp3) is 0.200. The molecular weight excluding hydrogens is 443 g/mol. The molecular formula is C25H19F5O3. The quantitative estimate of drug-likeness (QED) is 0.414. The van der Waals surface area contributed by atoms with Gasteiger partial charge in [0.25, 0.3) is 0 Å². The standard InChI is InChI=1S/C25H19F5O3/c26-18-11-15(17-7-9-20(32)25(30)23(17)28)5-10-21(18)33-12-13-1-3-14(4-2-13)16-6-8-19(31)24(29)22(16)27/h3,5-11,13,31-32H,1-2,4,12H2. The first kappa shape index (κ1) is 22.6. The van der Waals surface area contributed by atoms with E-state index in [-0.39, 0.29) is 35.0 Å². The van der Waals surface area contributed by atoms with E-state index in [0.29, 0.717) is 24.8 Å². The fourth-order valence-electron chi connectivity index (χ4n) is 3.83. The van der Waals surface area contributed by atoms with Crippen LogP contribution in [0.1, 0.15) is 24.8 Å². The van der Waals surface area contributed by atoms with Crippen LogP contribution < -0.4 is 4.74 Å². The minimum absolute atomic E-state index is 0.0153. The molecule has 3 aromatic carbocycles. The number of aromatic hydroxyl groups is 2. The van der Waals surface area contributed by atoms with Crippen molar-refractivity contribution < 1.29 is 36.9 Å². The van der Waals surface area contributed by atoms with Gasteiger partial charge in [-0.25, -0.2) is 13.2 Å². The van der Waals surface area contributed by atoms with Crippen molar-refractivity contribution in [3.8, 4) is 28.4 Å². The smallest absolute Gasteiger partial charge is 0.200 e. The molecule has 1 aliphatic rings. The van der Waals surface area contributed by atoms with Gasteiger partial charge in [0.2, 0.25) is 11.6 Å². The van der Waals surface area contributed by atoms with Crippen LogP contribution in [0.5, 0.6) is 17.2 Å². The number of allylic oxidation sites excluding steroid dienone is 2. The highest BCUT2D eigenvalue weighted by atomic mass is 19.2. The highest BCUT2D eigenvalue weighted by Gasteiger charge is 2.22. The molecule has 172 valence electrons. The number of rotatable bonds is 5. The number of halogens is 5. The van der Waals surface area contributed by atoms with Crippen LogP contribution in [0.15, 0.2) is 48.5 Å². The summed E-state index contributed by atoms with van der Waals surface area (Å²) >= 11 is 0. The normalized spacial score (nSPS) is 15.9. The first-order chi connectivity index (χ1) is 15.8. The molecule has 8 heteroatoms. The maximum absolute atomic E-state index is 14.5. The molecule has 0 saturated carbocycles. The third kappa shape index (κ3) is 4.51. The highest BCUT2D eigenvalue weighted by Crippen LogP contribution is 2.35. The molecule has 0 radical (unpaired) electrons. The first-order valence-electron chi connectivity index (χ1n) is 10.2. The van der Waals surface area contributed by atoms with Crippen molar-refractivity contribution in [1.82, 2.24) is 0 Å². The number of hydrogen-bond donors (Lipinski definition) is 2. The summed E-state index contributed by atoms with van der Waals surface area (Å²) in [6.45, 7) is 0.175. The van der Waals surface area contributed by atoms with Crippen molar-refractivity contribution in [3.05, 3.63) is 83.2 Å². The van der Waals surface area contributed by atoms with Crippen LogP contribution >= 0.6 is 0 Å². The molecule has 33 heavy (non-hydrogen) atoms. The van der Waals surface area contributed by atoms with Crippen LogP contribution in [-0.2, 0) is 0 Å². The second-order valence-corrected chi connectivity index (χ2v) is 7.85. The van der Waals surface area contributed by atoms with Gasteiger partial charge in [-0.05, 0) is 72.7 Å². The topological polar surface area (TPSA) is 49.7 Å². The van der Waals surface area contributed by atoms with Gasteiger partial charge in [0.05, 0.1) is 6.61 Å². The molecule has 0 heterocycles. The third-order valence-corrected chi connectivity index (χ3v) is 5.71. The van der Waals surface area contributed by atoms with Gasteiger partial charge in [-0.3, -0.25) is 0 Å². The lowest BCUT2D eigenvalue weighted by Crippen LogP contribution is -2.15. The summed E-state index contributed by atoms with van der Waals surface area (Å²) in [6.07, 6.45) is 3.34.